The number of nitrogens with zero attached hydrogens (tertiary/aromatic N) is 3. The second-order valence-electron chi connectivity index (χ2n) is 6.76. The molecule has 3 aromatic heterocycles. The minimum Gasteiger partial charge on any atom is -0.465 e. The fraction of sp³-hybridized carbons (Fsp3) is 0.350. The lowest BCUT2D eigenvalue weighted by atomic mass is 10.1. The van der Waals surface area contributed by atoms with Crippen molar-refractivity contribution in [1.82, 2.24) is 14.6 Å². The molecule has 0 saturated heterocycles. The van der Waals surface area contributed by atoms with Gasteiger partial charge in [0.1, 0.15) is 21.1 Å². The number of aromatic nitrogens is 3. The van der Waals surface area contributed by atoms with Crippen molar-refractivity contribution in [1.29, 1.82) is 0 Å². The van der Waals surface area contributed by atoms with E-state index in [0.717, 1.165) is 22.0 Å². The fourth-order valence-electron chi connectivity index (χ4n) is 3.00. The first-order valence-corrected chi connectivity index (χ1v) is 10.3. The van der Waals surface area contributed by atoms with Crippen LogP contribution in [0, 0.1) is 13.8 Å². The zero-order valence-electron chi connectivity index (χ0n) is 17.7. The first-order valence-electron chi connectivity index (χ1n) is 9.53. The Morgan fingerprint density at radius 2 is 1.97 bits per heavy atom. The predicted octanol–water partition coefficient (Wildman–Crippen LogP) is 3.95. The number of methoxy groups -OCH3 is 1. The monoisotopic (exact) mass is 466 g/mol. The summed E-state index contributed by atoms with van der Waals surface area (Å²) in [5.41, 5.74) is 0.0585. The molecule has 0 saturated carbocycles. The van der Waals surface area contributed by atoms with Crippen LogP contribution in [0.25, 0.3) is 5.65 Å². The smallest absolute Gasteiger partial charge is 0.348 e. The molecule has 32 heavy (non-hydrogen) atoms. The molecule has 3 aromatic rings. The van der Waals surface area contributed by atoms with E-state index in [-0.39, 0.29) is 39.0 Å². The van der Waals surface area contributed by atoms with Gasteiger partial charge in [0, 0.05) is 5.69 Å². The third kappa shape index (κ3) is 4.31. The Balaban J connectivity index is 2.04. The highest BCUT2D eigenvalue weighted by atomic mass is 32.1. The van der Waals surface area contributed by atoms with Crippen LogP contribution < -0.4 is 5.32 Å². The normalized spacial score (nSPS) is 11.1. The highest BCUT2D eigenvalue weighted by Gasteiger charge is 2.28. The van der Waals surface area contributed by atoms with Crippen LogP contribution >= 0.6 is 11.3 Å². The second kappa shape index (κ2) is 9.39. The van der Waals surface area contributed by atoms with Crippen molar-refractivity contribution < 1.29 is 32.6 Å². The summed E-state index contributed by atoms with van der Waals surface area (Å²) in [7, 11) is 1.20. The van der Waals surface area contributed by atoms with E-state index in [2.05, 4.69) is 15.4 Å². The third-order valence-corrected chi connectivity index (χ3v) is 5.67. The lowest BCUT2D eigenvalue weighted by Crippen LogP contribution is -2.15. The van der Waals surface area contributed by atoms with Crippen LogP contribution in [0.5, 0.6) is 0 Å². The molecule has 0 aromatic carbocycles. The summed E-state index contributed by atoms with van der Waals surface area (Å²) in [6, 6.07) is 1.18. The molecular weight excluding hydrogens is 446 g/mol. The van der Waals surface area contributed by atoms with Gasteiger partial charge in [-0.2, -0.15) is 5.10 Å². The molecule has 0 aliphatic carbocycles. The molecule has 0 radical (unpaired) electrons. The molecule has 3 rings (SSSR count). The quantitative estimate of drug-likeness (QED) is 0.525. The Bertz CT molecular complexity index is 1200. The predicted molar refractivity (Wildman–Crippen MR) is 112 cm³/mol. The SMILES string of the molecule is CCCOC(=O)c1c(NC(=O)c2cnn3c(C(F)F)cc(C)nc23)sc(C(=O)OC)c1C. The van der Waals surface area contributed by atoms with Crippen LogP contribution in [0.4, 0.5) is 13.8 Å². The van der Waals surface area contributed by atoms with Crippen LogP contribution in [-0.2, 0) is 9.47 Å². The average molecular weight is 466 g/mol. The van der Waals surface area contributed by atoms with Crippen molar-refractivity contribution in [2.75, 3.05) is 19.0 Å². The Morgan fingerprint density at radius 3 is 2.59 bits per heavy atom. The molecule has 0 spiro atoms. The summed E-state index contributed by atoms with van der Waals surface area (Å²) >= 11 is 0.848. The molecule has 0 unspecified atom stereocenters. The molecule has 1 N–H and O–H groups in total. The van der Waals surface area contributed by atoms with Gasteiger partial charge in [0.15, 0.2) is 5.65 Å². The number of thiophene rings is 1. The van der Waals surface area contributed by atoms with Crippen molar-refractivity contribution in [2.24, 2.45) is 0 Å². The van der Waals surface area contributed by atoms with Crippen molar-refractivity contribution in [3.8, 4) is 0 Å². The number of carbonyl (C=O) groups is 3. The van der Waals surface area contributed by atoms with Crippen molar-refractivity contribution in [2.45, 2.75) is 33.6 Å². The minimum atomic E-state index is -2.82. The number of aryl methyl sites for hydroxylation is 1. The van der Waals surface area contributed by atoms with Crippen LogP contribution in [0.3, 0.4) is 0 Å². The molecule has 0 atom stereocenters. The maximum atomic E-state index is 13.4. The lowest BCUT2D eigenvalue weighted by molar-refractivity contribution is 0.0506. The summed E-state index contributed by atoms with van der Waals surface area (Å²) < 4.78 is 37.5. The molecule has 3 heterocycles. The summed E-state index contributed by atoms with van der Waals surface area (Å²) in [5.74, 6) is -2.12. The highest BCUT2D eigenvalue weighted by Crippen LogP contribution is 2.35. The van der Waals surface area contributed by atoms with Crippen LogP contribution in [0.2, 0.25) is 0 Å². The van der Waals surface area contributed by atoms with Gasteiger partial charge in [0.2, 0.25) is 0 Å². The van der Waals surface area contributed by atoms with Gasteiger partial charge >= 0.3 is 11.9 Å². The molecule has 170 valence electrons. The van der Waals surface area contributed by atoms with E-state index in [1.807, 2.05) is 6.92 Å². The summed E-state index contributed by atoms with van der Waals surface area (Å²) in [4.78, 5) is 41.9. The third-order valence-electron chi connectivity index (χ3n) is 4.48. The number of hydrogen-bond donors (Lipinski definition) is 1. The molecule has 12 heteroatoms. The van der Waals surface area contributed by atoms with E-state index in [9.17, 15) is 23.2 Å². The number of esters is 2. The summed E-state index contributed by atoms with van der Waals surface area (Å²) in [6.45, 7) is 5.04. The number of nitrogens with one attached hydrogen (secondary N) is 1. The van der Waals surface area contributed by atoms with Crippen molar-refractivity contribution >= 4 is 39.8 Å². The Labute approximate surface area is 185 Å². The molecule has 0 bridgehead atoms. The number of carbonyl (C=O) groups excluding carboxylic acids is 3. The molecule has 0 aliphatic heterocycles. The summed E-state index contributed by atoms with van der Waals surface area (Å²) in [5, 5.41) is 6.48. The lowest BCUT2D eigenvalue weighted by Gasteiger charge is -2.08. The van der Waals surface area contributed by atoms with E-state index < -0.39 is 30.0 Å². The van der Waals surface area contributed by atoms with Gasteiger partial charge in [-0.1, -0.05) is 6.92 Å². The fourth-order valence-corrected chi connectivity index (χ4v) is 4.11. The van der Waals surface area contributed by atoms with Gasteiger partial charge < -0.3 is 14.8 Å². The number of alkyl halides is 2. The number of fused-ring (bicyclic) bond motifs is 1. The maximum Gasteiger partial charge on any atom is 0.348 e. The first kappa shape index (κ1) is 23.3. The summed E-state index contributed by atoms with van der Waals surface area (Å²) in [6.07, 6.45) is -1.13. The van der Waals surface area contributed by atoms with E-state index in [0.29, 0.717) is 12.0 Å². The zero-order valence-corrected chi connectivity index (χ0v) is 18.5. The number of rotatable bonds is 7. The molecule has 1 amide bonds. The van der Waals surface area contributed by atoms with Crippen molar-refractivity contribution in [3.05, 3.63) is 45.2 Å². The van der Waals surface area contributed by atoms with E-state index >= 15 is 0 Å². The van der Waals surface area contributed by atoms with Gasteiger partial charge in [-0.05, 0) is 31.9 Å². The first-order chi connectivity index (χ1) is 15.2. The van der Waals surface area contributed by atoms with Crippen LogP contribution in [-0.4, -0.2) is 46.2 Å². The van der Waals surface area contributed by atoms with Gasteiger partial charge in [-0.25, -0.2) is 27.9 Å². The van der Waals surface area contributed by atoms with E-state index in [1.54, 1.807) is 0 Å². The number of amides is 1. The van der Waals surface area contributed by atoms with Gasteiger partial charge in [0.25, 0.3) is 12.3 Å². The largest absolute Gasteiger partial charge is 0.465 e. The zero-order chi connectivity index (χ0) is 23.6. The molecule has 9 nitrogen and oxygen atoms in total. The van der Waals surface area contributed by atoms with Gasteiger partial charge in [-0.3, -0.25) is 4.79 Å². The van der Waals surface area contributed by atoms with Crippen LogP contribution in [0.15, 0.2) is 12.3 Å². The van der Waals surface area contributed by atoms with E-state index in [1.165, 1.54) is 27.0 Å². The number of halogens is 2. The van der Waals surface area contributed by atoms with E-state index in [4.69, 9.17) is 9.47 Å². The maximum absolute atomic E-state index is 13.4. The second-order valence-corrected chi connectivity index (χ2v) is 7.78. The van der Waals surface area contributed by atoms with Gasteiger partial charge in [-0.15, -0.1) is 11.3 Å². The Morgan fingerprint density at radius 1 is 1.25 bits per heavy atom. The number of anilines is 1. The topological polar surface area (TPSA) is 112 Å². The number of ether oxygens (including phenoxy) is 2. The van der Waals surface area contributed by atoms with Gasteiger partial charge in [0.05, 0.1) is 25.5 Å². The number of hydrogen-bond acceptors (Lipinski definition) is 8. The van der Waals surface area contributed by atoms with Crippen molar-refractivity contribution in [3.63, 3.8) is 0 Å². The highest BCUT2D eigenvalue weighted by molar-refractivity contribution is 7.18. The molecular formula is C20H20F2N4O5S. The standard InChI is InChI=1S/C20H20F2N4O5S/c1-5-6-31-19(28)13-10(3)14(20(29)30-4)32-18(13)25-17(27)11-8-23-26-12(15(21)22)7-9(2)24-16(11)26/h7-8,15H,5-6H2,1-4H3,(H,25,27). The van der Waals surface area contributed by atoms with Crippen LogP contribution in [0.1, 0.15) is 67.1 Å². The molecule has 0 aliphatic rings. The average Bonchev–Trinajstić information content (AvgIpc) is 3.31. The Kier molecular flexibility index (Phi) is 6.82. The molecule has 0 fully saturated rings. The minimum absolute atomic E-state index is 0.0195. The Hall–Kier alpha value is -3.41.